The number of rotatable bonds is 12. The van der Waals surface area contributed by atoms with Crippen molar-refractivity contribution in [1.29, 1.82) is 0 Å². The van der Waals surface area contributed by atoms with Crippen molar-refractivity contribution < 1.29 is 9.59 Å². The number of hydrogen-bond donors (Lipinski definition) is 0. The summed E-state index contributed by atoms with van der Waals surface area (Å²) in [6, 6.07) is 4.16. The molecule has 2 aliphatic rings. The van der Waals surface area contributed by atoms with Gasteiger partial charge in [0.2, 0.25) is 0 Å². The van der Waals surface area contributed by atoms with E-state index in [0.29, 0.717) is 23.6 Å². The lowest BCUT2D eigenvalue weighted by Gasteiger charge is -2.27. The molecule has 0 aromatic carbocycles. The van der Waals surface area contributed by atoms with Crippen LogP contribution in [0.3, 0.4) is 0 Å². The number of amides is 2. The highest BCUT2D eigenvalue weighted by Gasteiger charge is 2.47. The summed E-state index contributed by atoms with van der Waals surface area (Å²) in [6.45, 7) is 11.8. The van der Waals surface area contributed by atoms with Gasteiger partial charge in [0, 0.05) is 23.7 Å². The molecule has 1 aromatic rings. The molecule has 1 unspecified atom stereocenters. The second kappa shape index (κ2) is 10.6. The Hall–Kier alpha value is -1.88. The molecule has 0 saturated carbocycles. The van der Waals surface area contributed by atoms with Crippen LogP contribution in [0.1, 0.15) is 88.8 Å². The van der Waals surface area contributed by atoms with Crippen molar-refractivity contribution in [2.45, 2.75) is 86.0 Å². The van der Waals surface area contributed by atoms with Crippen LogP contribution in [0.5, 0.6) is 0 Å². The van der Waals surface area contributed by atoms with E-state index in [2.05, 4.69) is 32.9 Å². The normalized spacial score (nSPS) is 17.5. The average Bonchev–Trinajstić information content (AvgIpc) is 3.37. The Morgan fingerprint density at radius 1 is 0.839 bits per heavy atom. The summed E-state index contributed by atoms with van der Waals surface area (Å²) in [5.41, 5.74) is 2.93. The standard InChI is InChI=1S/C26H38N2O2S/c1-6-9-11-12-14-20(13-10-7-2)17-28-24(21-16-15-18(4)31-21)23-22(25(28)29)19(5)27(8-3)26(23)30/h15-16,20H,6-14,17H2,1-5H3. The zero-order chi connectivity index (χ0) is 22.5. The van der Waals surface area contributed by atoms with Crippen molar-refractivity contribution in [3.05, 3.63) is 38.7 Å². The predicted molar refractivity (Wildman–Crippen MR) is 130 cm³/mol. The van der Waals surface area contributed by atoms with Crippen LogP contribution in [0.25, 0.3) is 5.70 Å². The summed E-state index contributed by atoms with van der Waals surface area (Å²) in [5, 5.41) is 0. The number of unbranched alkanes of at least 4 members (excludes halogenated alkanes) is 4. The lowest BCUT2D eigenvalue weighted by atomic mass is 9.94. The SMILES string of the molecule is CCCCCCC(CCCC)CN1C(=O)C2=C(C)N(CC)C(=O)C2=C1c1ccc(C)s1. The van der Waals surface area contributed by atoms with Gasteiger partial charge in [-0.05, 0) is 51.7 Å². The van der Waals surface area contributed by atoms with Crippen molar-refractivity contribution in [2.24, 2.45) is 5.92 Å². The van der Waals surface area contributed by atoms with Gasteiger partial charge < -0.3 is 9.80 Å². The summed E-state index contributed by atoms with van der Waals surface area (Å²) in [7, 11) is 0. The summed E-state index contributed by atoms with van der Waals surface area (Å²) >= 11 is 1.68. The molecule has 5 heteroatoms. The summed E-state index contributed by atoms with van der Waals surface area (Å²) in [5.74, 6) is 0.488. The van der Waals surface area contributed by atoms with E-state index in [1.807, 2.05) is 18.7 Å². The summed E-state index contributed by atoms with van der Waals surface area (Å²) < 4.78 is 0. The average molecular weight is 443 g/mol. The number of likely N-dealkylation sites (N-methyl/N-ethyl adjacent to an activating group) is 1. The third kappa shape index (κ3) is 4.82. The molecule has 0 fully saturated rings. The van der Waals surface area contributed by atoms with E-state index < -0.39 is 0 Å². The van der Waals surface area contributed by atoms with Crippen LogP contribution in [0.2, 0.25) is 0 Å². The van der Waals surface area contributed by atoms with Gasteiger partial charge in [0.1, 0.15) is 0 Å². The van der Waals surface area contributed by atoms with Crippen molar-refractivity contribution in [1.82, 2.24) is 9.80 Å². The fourth-order valence-corrected chi connectivity index (χ4v) is 5.80. The van der Waals surface area contributed by atoms with Gasteiger partial charge in [-0.2, -0.15) is 0 Å². The Kier molecular flexibility index (Phi) is 8.15. The highest BCUT2D eigenvalue weighted by molar-refractivity contribution is 7.13. The van der Waals surface area contributed by atoms with E-state index in [1.54, 1.807) is 16.2 Å². The lowest BCUT2D eigenvalue weighted by Crippen LogP contribution is -2.33. The van der Waals surface area contributed by atoms with E-state index in [-0.39, 0.29) is 11.8 Å². The molecule has 0 spiro atoms. The highest BCUT2D eigenvalue weighted by Crippen LogP contribution is 2.45. The zero-order valence-corrected chi connectivity index (χ0v) is 20.7. The number of nitrogens with zero attached hydrogens (tertiary/aromatic N) is 2. The predicted octanol–water partition coefficient (Wildman–Crippen LogP) is 6.52. The second-order valence-electron chi connectivity index (χ2n) is 8.92. The van der Waals surface area contributed by atoms with Gasteiger partial charge in [-0.15, -0.1) is 11.3 Å². The molecular weight excluding hydrogens is 404 g/mol. The molecule has 0 aliphatic carbocycles. The lowest BCUT2D eigenvalue weighted by molar-refractivity contribution is -0.124. The molecule has 0 saturated heterocycles. The molecule has 3 heterocycles. The molecule has 1 aromatic heterocycles. The number of thiophene rings is 1. The minimum Gasteiger partial charge on any atom is -0.312 e. The highest BCUT2D eigenvalue weighted by atomic mass is 32.1. The van der Waals surface area contributed by atoms with Gasteiger partial charge in [-0.1, -0.05) is 52.4 Å². The monoisotopic (exact) mass is 442 g/mol. The molecule has 0 bridgehead atoms. The number of aryl methyl sites for hydroxylation is 1. The third-order valence-electron chi connectivity index (χ3n) is 6.60. The van der Waals surface area contributed by atoms with Crippen LogP contribution in [0.4, 0.5) is 0 Å². The molecular formula is C26H38N2O2S. The van der Waals surface area contributed by atoms with Gasteiger partial charge in [0.15, 0.2) is 0 Å². The fraction of sp³-hybridized carbons (Fsp3) is 0.615. The first-order valence-electron chi connectivity index (χ1n) is 12.1. The molecule has 2 amide bonds. The number of allylic oxidation sites excluding steroid dienone is 1. The maximum Gasteiger partial charge on any atom is 0.261 e. The zero-order valence-electron chi connectivity index (χ0n) is 19.9. The molecule has 0 N–H and O–H groups in total. The Balaban J connectivity index is 1.94. The van der Waals surface area contributed by atoms with Crippen molar-refractivity contribution in [3.8, 4) is 0 Å². The van der Waals surface area contributed by atoms with Crippen molar-refractivity contribution in [2.75, 3.05) is 13.1 Å². The molecule has 2 aliphatic heterocycles. The molecule has 4 nitrogen and oxygen atoms in total. The summed E-state index contributed by atoms with van der Waals surface area (Å²) in [4.78, 5) is 32.8. The van der Waals surface area contributed by atoms with E-state index in [9.17, 15) is 9.59 Å². The Labute approximate surface area is 192 Å². The molecule has 0 radical (unpaired) electrons. The molecule has 1 atom stereocenters. The van der Waals surface area contributed by atoms with Crippen LogP contribution < -0.4 is 0 Å². The maximum absolute atomic E-state index is 13.6. The quantitative estimate of drug-likeness (QED) is 0.346. The van der Waals surface area contributed by atoms with Gasteiger partial charge in [0.25, 0.3) is 11.8 Å². The van der Waals surface area contributed by atoms with Crippen molar-refractivity contribution in [3.63, 3.8) is 0 Å². The maximum atomic E-state index is 13.6. The van der Waals surface area contributed by atoms with E-state index >= 15 is 0 Å². The van der Waals surface area contributed by atoms with E-state index in [0.717, 1.165) is 35.7 Å². The topological polar surface area (TPSA) is 40.6 Å². The van der Waals surface area contributed by atoms with Crippen molar-refractivity contribution >= 4 is 28.8 Å². The van der Waals surface area contributed by atoms with Gasteiger partial charge in [0.05, 0.1) is 21.7 Å². The first-order valence-corrected chi connectivity index (χ1v) is 12.9. The minimum atomic E-state index is -0.0139. The first kappa shape index (κ1) is 23.8. The Bertz CT molecular complexity index is 880. The van der Waals surface area contributed by atoms with Gasteiger partial charge >= 0.3 is 0 Å². The smallest absolute Gasteiger partial charge is 0.261 e. The third-order valence-corrected chi connectivity index (χ3v) is 7.61. The van der Waals surface area contributed by atoms with Crippen LogP contribution in [-0.4, -0.2) is 34.7 Å². The minimum absolute atomic E-state index is 0.0139. The van der Waals surface area contributed by atoms with E-state index in [4.69, 9.17) is 0 Å². The van der Waals surface area contributed by atoms with Crippen LogP contribution in [0.15, 0.2) is 29.0 Å². The van der Waals surface area contributed by atoms with E-state index in [1.165, 1.54) is 43.4 Å². The van der Waals surface area contributed by atoms with Gasteiger partial charge in [-0.25, -0.2) is 0 Å². The molecule has 170 valence electrons. The largest absolute Gasteiger partial charge is 0.312 e. The Morgan fingerprint density at radius 2 is 1.52 bits per heavy atom. The number of hydrogen-bond acceptors (Lipinski definition) is 3. The second-order valence-corrected chi connectivity index (χ2v) is 10.2. The number of carbonyl (C=O) groups excluding carboxylic acids is 2. The number of fused-ring (bicyclic) bond motifs is 1. The molecule has 31 heavy (non-hydrogen) atoms. The summed E-state index contributed by atoms with van der Waals surface area (Å²) in [6.07, 6.45) is 9.66. The molecule has 3 rings (SSSR count). The fourth-order valence-electron chi connectivity index (χ4n) is 4.87. The van der Waals surface area contributed by atoms with Gasteiger partial charge in [-0.3, -0.25) is 9.59 Å². The Morgan fingerprint density at radius 3 is 2.13 bits per heavy atom. The van der Waals surface area contributed by atoms with Crippen LogP contribution >= 0.6 is 11.3 Å². The number of carbonyl (C=O) groups is 2. The van der Waals surface area contributed by atoms with Crippen LogP contribution in [0, 0.1) is 12.8 Å². The first-order chi connectivity index (χ1) is 14.9. The van der Waals surface area contributed by atoms with Crippen LogP contribution in [-0.2, 0) is 9.59 Å².